The number of ketones is 1. The molecule has 18 heavy (non-hydrogen) atoms. The molecule has 1 aromatic heterocycles. The summed E-state index contributed by atoms with van der Waals surface area (Å²) in [6.07, 6.45) is 1.80. The van der Waals surface area contributed by atoms with Crippen molar-refractivity contribution >= 4 is 22.3 Å². The SMILES string of the molecule is CC(=O)/C(=C(\C)c1ccc2[nH]ncc2c1)C(C)C. The van der Waals surface area contributed by atoms with Crippen molar-refractivity contribution < 1.29 is 4.79 Å². The molecule has 3 nitrogen and oxygen atoms in total. The van der Waals surface area contributed by atoms with E-state index in [1.165, 1.54) is 0 Å². The molecule has 0 fully saturated rings. The Morgan fingerprint density at radius 3 is 2.61 bits per heavy atom. The van der Waals surface area contributed by atoms with Gasteiger partial charge >= 0.3 is 0 Å². The largest absolute Gasteiger partial charge is 0.295 e. The lowest BCUT2D eigenvalue weighted by Crippen LogP contribution is -2.06. The summed E-state index contributed by atoms with van der Waals surface area (Å²) in [5, 5.41) is 8.00. The van der Waals surface area contributed by atoms with Crippen molar-refractivity contribution in [3.63, 3.8) is 0 Å². The topological polar surface area (TPSA) is 45.8 Å². The van der Waals surface area contributed by atoms with Crippen LogP contribution < -0.4 is 0 Å². The van der Waals surface area contributed by atoms with Gasteiger partial charge in [0.15, 0.2) is 5.78 Å². The minimum atomic E-state index is 0.148. The zero-order valence-corrected chi connectivity index (χ0v) is 11.2. The van der Waals surface area contributed by atoms with Crippen LogP contribution in [0.15, 0.2) is 30.0 Å². The van der Waals surface area contributed by atoms with Gasteiger partial charge in [-0.15, -0.1) is 0 Å². The molecule has 0 atom stereocenters. The van der Waals surface area contributed by atoms with Gasteiger partial charge in [0.1, 0.15) is 0 Å². The van der Waals surface area contributed by atoms with Crippen molar-refractivity contribution in [3.05, 3.63) is 35.5 Å². The molecule has 0 aliphatic heterocycles. The molecule has 0 spiro atoms. The molecule has 1 N–H and O–H groups in total. The Labute approximate surface area is 107 Å². The molecular formula is C15H18N2O. The van der Waals surface area contributed by atoms with Gasteiger partial charge in [0.25, 0.3) is 0 Å². The van der Waals surface area contributed by atoms with E-state index in [1.807, 2.05) is 19.1 Å². The predicted molar refractivity (Wildman–Crippen MR) is 74.2 cm³/mol. The van der Waals surface area contributed by atoms with Crippen LogP contribution in [-0.4, -0.2) is 16.0 Å². The van der Waals surface area contributed by atoms with Crippen LogP contribution >= 0.6 is 0 Å². The number of allylic oxidation sites excluding steroid dienone is 2. The maximum atomic E-state index is 11.7. The van der Waals surface area contributed by atoms with E-state index in [1.54, 1.807) is 13.1 Å². The van der Waals surface area contributed by atoms with Crippen LogP contribution in [0.4, 0.5) is 0 Å². The number of aromatic nitrogens is 2. The van der Waals surface area contributed by atoms with Gasteiger partial charge < -0.3 is 0 Å². The smallest absolute Gasteiger partial charge is 0.156 e. The van der Waals surface area contributed by atoms with Crippen LogP contribution in [0.2, 0.25) is 0 Å². The van der Waals surface area contributed by atoms with Crippen molar-refractivity contribution in [2.45, 2.75) is 27.7 Å². The number of hydrogen-bond donors (Lipinski definition) is 1. The van der Waals surface area contributed by atoms with Gasteiger partial charge in [-0.1, -0.05) is 19.9 Å². The first-order valence-corrected chi connectivity index (χ1v) is 6.16. The second kappa shape index (κ2) is 4.77. The highest BCUT2D eigenvalue weighted by Gasteiger charge is 2.14. The Morgan fingerprint density at radius 1 is 1.28 bits per heavy atom. The summed E-state index contributed by atoms with van der Waals surface area (Å²) in [5.41, 5.74) is 4.06. The Balaban J connectivity index is 2.57. The summed E-state index contributed by atoms with van der Waals surface area (Å²) in [7, 11) is 0. The van der Waals surface area contributed by atoms with Gasteiger partial charge in [-0.3, -0.25) is 9.89 Å². The molecule has 94 valence electrons. The molecule has 0 saturated carbocycles. The Hall–Kier alpha value is -1.90. The van der Waals surface area contributed by atoms with E-state index in [0.29, 0.717) is 0 Å². The summed E-state index contributed by atoms with van der Waals surface area (Å²) in [6.45, 7) is 7.75. The average molecular weight is 242 g/mol. The van der Waals surface area contributed by atoms with Gasteiger partial charge in [0.2, 0.25) is 0 Å². The fraction of sp³-hybridized carbons (Fsp3) is 0.333. The van der Waals surface area contributed by atoms with E-state index in [2.05, 4.69) is 30.1 Å². The lowest BCUT2D eigenvalue weighted by atomic mass is 9.91. The minimum Gasteiger partial charge on any atom is -0.295 e. The monoisotopic (exact) mass is 242 g/mol. The maximum absolute atomic E-state index is 11.7. The number of H-pyrrole nitrogens is 1. The fourth-order valence-corrected chi connectivity index (χ4v) is 2.44. The third kappa shape index (κ3) is 2.21. The molecule has 3 heteroatoms. The first-order valence-electron chi connectivity index (χ1n) is 6.16. The van der Waals surface area contributed by atoms with Crippen molar-refractivity contribution in [1.29, 1.82) is 0 Å². The number of aromatic amines is 1. The zero-order valence-electron chi connectivity index (χ0n) is 11.2. The molecule has 2 aromatic rings. The lowest BCUT2D eigenvalue weighted by Gasteiger charge is -2.13. The molecule has 0 unspecified atom stereocenters. The Kier molecular flexibility index (Phi) is 3.32. The maximum Gasteiger partial charge on any atom is 0.156 e. The van der Waals surface area contributed by atoms with Crippen molar-refractivity contribution in [3.8, 4) is 0 Å². The van der Waals surface area contributed by atoms with Gasteiger partial charge in [0.05, 0.1) is 11.7 Å². The molecule has 1 heterocycles. The fourth-order valence-electron chi connectivity index (χ4n) is 2.44. The minimum absolute atomic E-state index is 0.148. The Morgan fingerprint density at radius 2 is 2.00 bits per heavy atom. The summed E-state index contributed by atoms with van der Waals surface area (Å²) >= 11 is 0. The molecule has 0 amide bonds. The molecule has 2 rings (SSSR count). The van der Waals surface area contributed by atoms with Gasteiger partial charge in [-0.25, -0.2) is 0 Å². The van der Waals surface area contributed by atoms with Crippen LogP contribution in [0.1, 0.15) is 33.3 Å². The van der Waals surface area contributed by atoms with E-state index in [4.69, 9.17) is 0 Å². The number of hydrogen-bond acceptors (Lipinski definition) is 2. The van der Waals surface area contributed by atoms with Crippen LogP contribution in [0.3, 0.4) is 0 Å². The van der Waals surface area contributed by atoms with E-state index in [0.717, 1.165) is 27.6 Å². The molecule has 0 radical (unpaired) electrons. The second-order valence-corrected chi connectivity index (χ2v) is 4.92. The van der Waals surface area contributed by atoms with Gasteiger partial charge in [0, 0.05) is 11.0 Å². The standard InChI is InChI=1S/C15H18N2O/c1-9(2)15(11(4)18)10(3)12-5-6-14-13(7-12)8-16-17-14/h5-9H,1-4H3,(H,16,17)/b15-10+. The quantitative estimate of drug-likeness (QED) is 0.836. The highest BCUT2D eigenvalue weighted by molar-refractivity contribution is 6.01. The zero-order chi connectivity index (χ0) is 13.3. The summed E-state index contributed by atoms with van der Waals surface area (Å²) < 4.78 is 0. The first kappa shape index (κ1) is 12.6. The number of Topliss-reactive ketones (excluding diaryl/α,β-unsaturated/α-hetero) is 1. The first-order chi connectivity index (χ1) is 8.50. The number of rotatable bonds is 3. The van der Waals surface area contributed by atoms with E-state index >= 15 is 0 Å². The Bertz CT molecular complexity index is 620. The summed E-state index contributed by atoms with van der Waals surface area (Å²) in [6, 6.07) is 6.10. The third-order valence-corrected chi connectivity index (χ3v) is 3.23. The van der Waals surface area contributed by atoms with Gasteiger partial charge in [-0.2, -0.15) is 5.10 Å². The molecule has 0 saturated heterocycles. The van der Waals surface area contributed by atoms with E-state index < -0.39 is 0 Å². The number of fused-ring (bicyclic) bond motifs is 1. The molecular weight excluding hydrogens is 224 g/mol. The normalized spacial score (nSPS) is 12.9. The van der Waals surface area contributed by atoms with Crippen molar-refractivity contribution in [2.24, 2.45) is 5.92 Å². The summed E-state index contributed by atoms with van der Waals surface area (Å²) in [4.78, 5) is 11.7. The number of nitrogens with one attached hydrogen (secondary N) is 1. The number of carbonyl (C=O) groups excluding carboxylic acids is 1. The summed E-state index contributed by atoms with van der Waals surface area (Å²) in [5.74, 6) is 0.386. The van der Waals surface area contributed by atoms with E-state index in [-0.39, 0.29) is 11.7 Å². The predicted octanol–water partition coefficient (Wildman–Crippen LogP) is 3.58. The highest BCUT2D eigenvalue weighted by atomic mass is 16.1. The highest BCUT2D eigenvalue weighted by Crippen LogP contribution is 2.26. The van der Waals surface area contributed by atoms with Crippen LogP contribution in [0.5, 0.6) is 0 Å². The van der Waals surface area contributed by atoms with E-state index in [9.17, 15) is 4.79 Å². The lowest BCUT2D eigenvalue weighted by molar-refractivity contribution is -0.113. The van der Waals surface area contributed by atoms with Crippen LogP contribution in [-0.2, 0) is 4.79 Å². The molecule has 0 aliphatic carbocycles. The van der Waals surface area contributed by atoms with Crippen molar-refractivity contribution in [2.75, 3.05) is 0 Å². The van der Waals surface area contributed by atoms with Crippen molar-refractivity contribution in [1.82, 2.24) is 10.2 Å². The number of benzene rings is 1. The van der Waals surface area contributed by atoms with Crippen LogP contribution in [0.25, 0.3) is 16.5 Å². The second-order valence-electron chi connectivity index (χ2n) is 4.92. The van der Waals surface area contributed by atoms with Gasteiger partial charge in [-0.05, 0) is 43.0 Å². The van der Waals surface area contributed by atoms with Crippen LogP contribution in [0, 0.1) is 5.92 Å². The third-order valence-electron chi connectivity index (χ3n) is 3.23. The number of carbonyl (C=O) groups is 1. The molecule has 0 aliphatic rings. The molecule has 0 bridgehead atoms. The molecule has 1 aromatic carbocycles. The number of nitrogens with zero attached hydrogens (tertiary/aromatic N) is 1. The average Bonchev–Trinajstić information content (AvgIpc) is 2.74.